The molecule has 2 aliphatic heterocycles. The molecule has 28 heavy (non-hydrogen) atoms. The number of hydrogen-bond donors (Lipinski definition) is 3. The van der Waals surface area contributed by atoms with Gasteiger partial charge < -0.3 is 15.4 Å². The zero-order valence-electron chi connectivity index (χ0n) is 16.6. The van der Waals surface area contributed by atoms with Crippen molar-refractivity contribution in [3.63, 3.8) is 0 Å². The molecular weight excluding hydrogens is 360 g/mol. The summed E-state index contributed by atoms with van der Waals surface area (Å²) in [4.78, 5) is 25.7. The highest BCUT2D eigenvalue weighted by atomic mass is 16.6. The monoisotopic (exact) mass is 388 g/mol. The van der Waals surface area contributed by atoms with E-state index >= 15 is 0 Å². The van der Waals surface area contributed by atoms with E-state index in [4.69, 9.17) is 10.5 Å². The smallest absolute Gasteiger partial charge is 0.410 e. The van der Waals surface area contributed by atoms with Gasteiger partial charge in [-0.15, -0.1) is 10.6 Å². The van der Waals surface area contributed by atoms with E-state index in [0.717, 1.165) is 5.56 Å². The summed E-state index contributed by atoms with van der Waals surface area (Å²) in [5.74, 6) is 0.236. The number of carbonyl (C=O) groups excluding carboxylic acids is 2. The Labute approximate surface area is 164 Å². The first-order valence-corrected chi connectivity index (χ1v) is 9.39. The van der Waals surface area contributed by atoms with E-state index in [1.165, 1.54) is 0 Å². The van der Waals surface area contributed by atoms with Gasteiger partial charge in [-0.3, -0.25) is 9.80 Å². The minimum atomic E-state index is -0.535. The Kier molecular flexibility index (Phi) is 5.46. The third-order valence-corrected chi connectivity index (χ3v) is 4.94. The van der Waals surface area contributed by atoms with Crippen molar-refractivity contribution in [2.45, 2.75) is 44.6 Å². The summed E-state index contributed by atoms with van der Waals surface area (Å²) < 4.78 is 5.51. The molecule has 0 spiro atoms. The van der Waals surface area contributed by atoms with Gasteiger partial charge in [-0.25, -0.2) is 10.3 Å². The molecule has 152 valence electrons. The van der Waals surface area contributed by atoms with Crippen molar-refractivity contribution in [3.05, 3.63) is 35.9 Å². The minimum Gasteiger partial charge on any atom is -0.444 e. The zero-order valence-corrected chi connectivity index (χ0v) is 16.6. The van der Waals surface area contributed by atoms with E-state index in [2.05, 4.69) is 16.2 Å². The van der Waals surface area contributed by atoms with Gasteiger partial charge in [-0.2, -0.15) is 0 Å². The molecule has 3 rings (SSSR count). The van der Waals surface area contributed by atoms with E-state index in [0.29, 0.717) is 31.8 Å². The molecule has 0 aromatic heterocycles. The van der Waals surface area contributed by atoms with Gasteiger partial charge in [0.1, 0.15) is 12.1 Å². The van der Waals surface area contributed by atoms with Crippen molar-refractivity contribution in [3.8, 4) is 0 Å². The normalized spacial score (nSPS) is 19.0. The van der Waals surface area contributed by atoms with Gasteiger partial charge in [0.2, 0.25) is 5.91 Å². The van der Waals surface area contributed by atoms with Crippen molar-refractivity contribution < 1.29 is 14.3 Å². The third-order valence-electron chi connectivity index (χ3n) is 4.94. The first-order chi connectivity index (χ1) is 13.2. The Morgan fingerprint density at radius 2 is 1.86 bits per heavy atom. The molecule has 0 radical (unpaired) electrons. The van der Waals surface area contributed by atoms with Crippen LogP contribution in [-0.2, 0) is 14.9 Å². The number of ether oxygens (including phenoxy) is 1. The van der Waals surface area contributed by atoms with Crippen molar-refractivity contribution in [1.82, 2.24) is 21.0 Å². The quantitative estimate of drug-likeness (QED) is 0.712. The van der Waals surface area contributed by atoms with Crippen LogP contribution in [0.4, 0.5) is 4.79 Å². The first kappa shape index (κ1) is 19.9. The maximum absolute atomic E-state index is 12.5. The van der Waals surface area contributed by atoms with Crippen LogP contribution < -0.4 is 16.8 Å². The molecule has 0 aliphatic carbocycles. The van der Waals surface area contributed by atoms with E-state index in [1.54, 1.807) is 9.91 Å². The van der Waals surface area contributed by atoms with Crippen LogP contribution in [0, 0.1) is 0 Å². The molecule has 1 fully saturated rings. The number of amides is 2. The molecule has 1 saturated heterocycles. The number of likely N-dealkylation sites (tertiary alicyclic amines) is 1. The van der Waals surface area contributed by atoms with Crippen LogP contribution in [0.25, 0.3) is 0 Å². The van der Waals surface area contributed by atoms with E-state index in [9.17, 15) is 9.59 Å². The Balaban J connectivity index is 1.85. The van der Waals surface area contributed by atoms with Gasteiger partial charge in [0.25, 0.3) is 0 Å². The largest absolute Gasteiger partial charge is 0.444 e. The van der Waals surface area contributed by atoms with Gasteiger partial charge in [-0.05, 0) is 39.2 Å². The lowest BCUT2D eigenvalue weighted by Gasteiger charge is -2.43. The SMILES string of the molecule is CC(C)(C)OC(=O)N1CCC(C2=NNNN2CC(N)=O)(c2ccccc2)CC1. The number of primary amides is 1. The number of nitrogens with one attached hydrogen (secondary N) is 2. The number of piperidine rings is 1. The molecule has 0 bridgehead atoms. The molecular formula is C19H28N6O3. The molecule has 0 saturated carbocycles. The summed E-state index contributed by atoms with van der Waals surface area (Å²) in [6.07, 6.45) is 0.981. The van der Waals surface area contributed by atoms with E-state index < -0.39 is 16.9 Å². The van der Waals surface area contributed by atoms with E-state index in [1.807, 2.05) is 51.1 Å². The standard InChI is InChI=1S/C19H28N6O3/c1-18(2,3)28-17(27)24-11-9-19(10-12-24,14-7-5-4-6-8-14)16-21-22-23-25(16)13-15(20)26/h4-8,22-23H,9-13H2,1-3H3,(H2,20,26). The van der Waals surface area contributed by atoms with Crippen molar-refractivity contribution in [1.29, 1.82) is 0 Å². The summed E-state index contributed by atoms with van der Waals surface area (Å²) in [5.41, 5.74) is 11.1. The lowest BCUT2D eigenvalue weighted by atomic mass is 9.71. The topological polar surface area (TPSA) is 112 Å². The molecule has 0 atom stereocenters. The summed E-state index contributed by atoms with van der Waals surface area (Å²) >= 11 is 0. The Morgan fingerprint density at radius 1 is 1.21 bits per heavy atom. The third kappa shape index (κ3) is 4.19. The highest BCUT2D eigenvalue weighted by Gasteiger charge is 2.46. The molecule has 0 unspecified atom stereocenters. The average molecular weight is 388 g/mol. The van der Waals surface area contributed by atoms with Gasteiger partial charge >= 0.3 is 6.09 Å². The van der Waals surface area contributed by atoms with Crippen LogP contribution in [0.15, 0.2) is 35.4 Å². The molecule has 1 aromatic rings. The number of amidine groups is 1. The predicted molar refractivity (Wildman–Crippen MR) is 105 cm³/mol. The summed E-state index contributed by atoms with van der Waals surface area (Å²) in [6.45, 7) is 6.61. The second-order valence-corrected chi connectivity index (χ2v) is 8.13. The number of benzene rings is 1. The van der Waals surface area contributed by atoms with E-state index in [-0.39, 0.29) is 12.6 Å². The number of nitrogens with zero attached hydrogens (tertiary/aromatic N) is 3. The van der Waals surface area contributed by atoms with Crippen LogP contribution in [0.1, 0.15) is 39.2 Å². The fraction of sp³-hybridized carbons (Fsp3) is 0.526. The fourth-order valence-electron chi connectivity index (χ4n) is 3.68. The van der Waals surface area contributed by atoms with Crippen molar-refractivity contribution in [2.24, 2.45) is 10.8 Å². The summed E-state index contributed by atoms with van der Waals surface area (Å²) in [7, 11) is 0. The van der Waals surface area contributed by atoms with Crippen LogP contribution in [0.5, 0.6) is 0 Å². The van der Waals surface area contributed by atoms with Gasteiger partial charge in [0.05, 0.1) is 5.41 Å². The maximum Gasteiger partial charge on any atom is 0.410 e. The second kappa shape index (κ2) is 7.67. The molecule has 2 heterocycles. The molecule has 1 aromatic carbocycles. The van der Waals surface area contributed by atoms with Gasteiger partial charge in [0.15, 0.2) is 5.84 Å². The Bertz CT molecular complexity index is 751. The predicted octanol–water partition coefficient (Wildman–Crippen LogP) is 1.08. The lowest BCUT2D eigenvalue weighted by molar-refractivity contribution is -0.118. The highest BCUT2D eigenvalue weighted by Crippen LogP contribution is 2.38. The highest BCUT2D eigenvalue weighted by molar-refractivity contribution is 5.96. The number of hydrazone groups is 1. The van der Waals surface area contributed by atoms with Crippen molar-refractivity contribution in [2.75, 3.05) is 19.6 Å². The van der Waals surface area contributed by atoms with Crippen molar-refractivity contribution >= 4 is 17.8 Å². The van der Waals surface area contributed by atoms with Crippen LogP contribution in [0.2, 0.25) is 0 Å². The molecule has 2 amide bonds. The number of hydrazine groups is 2. The molecule has 2 aliphatic rings. The summed E-state index contributed by atoms with van der Waals surface area (Å²) in [6, 6.07) is 10.0. The number of carbonyl (C=O) groups is 2. The number of nitrogens with two attached hydrogens (primary N) is 1. The van der Waals surface area contributed by atoms with Gasteiger partial charge in [0, 0.05) is 13.1 Å². The zero-order chi connectivity index (χ0) is 20.4. The average Bonchev–Trinajstić information content (AvgIpc) is 3.09. The fourth-order valence-corrected chi connectivity index (χ4v) is 3.68. The maximum atomic E-state index is 12.5. The van der Waals surface area contributed by atoms with Crippen LogP contribution >= 0.6 is 0 Å². The number of rotatable bonds is 4. The minimum absolute atomic E-state index is 0.00377. The molecule has 9 heteroatoms. The first-order valence-electron chi connectivity index (χ1n) is 9.39. The van der Waals surface area contributed by atoms with Crippen LogP contribution in [0.3, 0.4) is 0 Å². The van der Waals surface area contributed by atoms with Crippen LogP contribution in [-0.4, -0.2) is 53.0 Å². The van der Waals surface area contributed by atoms with Gasteiger partial charge in [-0.1, -0.05) is 30.3 Å². The molecule has 4 N–H and O–H groups in total. The second-order valence-electron chi connectivity index (χ2n) is 8.13. The molecule has 9 nitrogen and oxygen atoms in total. The number of hydrogen-bond acceptors (Lipinski definition) is 7. The Hall–Kier alpha value is -2.81. The Morgan fingerprint density at radius 3 is 2.43 bits per heavy atom. The lowest BCUT2D eigenvalue weighted by Crippen LogP contribution is -2.56. The summed E-state index contributed by atoms with van der Waals surface area (Å²) in [5, 5.41) is 6.05.